The van der Waals surface area contributed by atoms with Gasteiger partial charge in [-0.1, -0.05) is 193 Å². The topological polar surface area (TPSA) is 95.9 Å². The zero-order chi connectivity index (χ0) is 37.5. The Morgan fingerprint density at radius 2 is 0.961 bits per heavy atom. The summed E-state index contributed by atoms with van der Waals surface area (Å²) >= 11 is 0. The summed E-state index contributed by atoms with van der Waals surface area (Å²) in [6, 6.07) is -0.700. The monoisotopic (exact) mass is 722 g/mol. The molecule has 0 heterocycles. The number of hydrogen-bond donors (Lipinski definition) is 3. The first-order valence-corrected chi connectivity index (χ1v) is 22.4. The summed E-state index contributed by atoms with van der Waals surface area (Å²) in [6.45, 7) is 6.44. The van der Waals surface area contributed by atoms with E-state index < -0.39 is 18.2 Å². The fourth-order valence-corrected chi connectivity index (χ4v) is 6.90. The third-order valence-corrected chi connectivity index (χ3v) is 10.3. The van der Waals surface area contributed by atoms with Gasteiger partial charge in [-0.15, -0.1) is 0 Å². The first kappa shape index (κ1) is 49.6. The van der Waals surface area contributed by atoms with Crippen molar-refractivity contribution in [3.8, 4) is 0 Å². The first-order valence-electron chi connectivity index (χ1n) is 22.4. The van der Waals surface area contributed by atoms with E-state index in [2.05, 4.69) is 38.2 Å². The molecule has 6 nitrogen and oxygen atoms in total. The lowest BCUT2D eigenvalue weighted by Crippen LogP contribution is -2.46. The summed E-state index contributed by atoms with van der Waals surface area (Å²) in [4.78, 5) is 25.9. The maximum Gasteiger partial charge on any atom is 0.306 e. The van der Waals surface area contributed by atoms with Gasteiger partial charge in [0.25, 0.3) is 0 Å². The van der Waals surface area contributed by atoms with Crippen LogP contribution in [-0.4, -0.2) is 46.9 Å². The number of allylic oxidation sites excluding steroid dienone is 2. The molecule has 0 aliphatic heterocycles. The van der Waals surface area contributed by atoms with E-state index in [4.69, 9.17) is 4.74 Å². The Morgan fingerprint density at radius 3 is 1.43 bits per heavy atom. The second-order valence-electron chi connectivity index (χ2n) is 15.5. The van der Waals surface area contributed by atoms with Crippen LogP contribution in [0.2, 0.25) is 0 Å². The molecule has 0 aliphatic rings. The van der Waals surface area contributed by atoms with Gasteiger partial charge in [-0.25, -0.2) is 0 Å². The van der Waals surface area contributed by atoms with Gasteiger partial charge < -0.3 is 20.3 Å². The smallest absolute Gasteiger partial charge is 0.306 e. The third-order valence-electron chi connectivity index (χ3n) is 10.3. The zero-order valence-electron chi connectivity index (χ0n) is 34.3. The fraction of sp³-hybridized carbons (Fsp3) is 0.911. The second-order valence-corrected chi connectivity index (χ2v) is 15.5. The van der Waals surface area contributed by atoms with E-state index in [1.807, 2.05) is 0 Å². The number of aliphatic hydroxyl groups excluding tert-OH is 2. The molecule has 0 rings (SSSR count). The van der Waals surface area contributed by atoms with Crippen molar-refractivity contribution in [2.75, 3.05) is 6.61 Å². The number of ether oxygens (including phenoxy) is 1. The Labute approximate surface area is 317 Å². The Morgan fingerprint density at radius 1 is 0.549 bits per heavy atom. The highest BCUT2D eigenvalue weighted by Gasteiger charge is 2.24. The first-order chi connectivity index (χ1) is 25.0. The molecule has 0 saturated heterocycles. The van der Waals surface area contributed by atoms with E-state index >= 15 is 0 Å². The highest BCUT2D eigenvalue weighted by atomic mass is 16.5. The predicted octanol–water partition coefficient (Wildman–Crippen LogP) is 12.6. The maximum atomic E-state index is 13.1. The lowest BCUT2D eigenvalue weighted by molar-refractivity contribution is -0.151. The van der Waals surface area contributed by atoms with Crippen LogP contribution >= 0.6 is 0 Å². The van der Waals surface area contributed by atoms with Crippen molar-refractivity contribution < 1.29 is 24.5 Å². The number of nitrogens with one attached hydrogen (secondary N) is 1. The van der Waals surface area contributed by atoms with Gasteiger partial charge in [-0.05, 0) is 44.9 Å². The van der Waals surface area contributed by atoms with E-state index in [1.165, 1.54) is 135 Å². The number of carbonyl (C=O) groups excluding carboxylic acids is 2. The Balaban J connectivity index is 4.62. The molecule has 3 unspecified atom stereocenters. The number of carbonyl (C=O) groups is 2. The molecule has 302 valence electrons. The molecule has 0 spiro atoms. The molecular formula is C45H87NO5. The number of esters is 1. The van der Waals surface area contributed by atoms with E-state index in [-0.39, 0.29) is 24.9 Å². The summed E-state index contributed by atoms with van der Waals surface area (Å²) in [5.41, 5.74) is 0. The third kappa shape index (κ3) is 35.4. The van der Waals surface area contributed by atoms with Crippen molar-refractivity contribution in [1.29, 1.82) is 0 Å². The lowest BCUT2D eigenvalue weighted by atomic mass is 10.0. The van der Waals surface area contributed by atoms with Crippen molar-refractivity contribution in [3.05, 3.63) is 12.2 Å². The molecule has 0 fully saturated rings. The molecule has 0 aliphatic carbocycles. The van der Waals surface area contributed by atoms with Crippen molar-refractivity contribution in [3.63, 3.8) is 0 Å². The minimum absolute atomic E-state index is 0.0625. The standard InChI is InChI=1S/C45H87NO5/c1-4-7-10-13-16-19-21-23-25-27-30-33-36-41(51-45(50)38-35-32-29-26-22-20-17-14-11-8-5-2)39-44(49)46-42(40-47)43(48)37-34-31-28-24-18-15-12-9-6-3/h25,27,41-43,47-48H,4-24,26,28-40H2,1-3H3,(H,46,49)/b27-25-. The Bertz CT molecular complexity index is 772. The minimum Gasteiger partial charge on any atom is -0.462 e. The van der Waals surface area contributed by atoms with Gasteiger partial charge in [0.05, 0.1) is 25.2 Å². The van der Waals surface area contributed by atoms with Crippen molar-refractivity contribution in [2.24, 2.45) is 0 Å². The van der Waals surface area contributed by atoms with Crippen molar-refractivity contribution >= 4 is 11.9 Å². The van der Waals surface area contributed by atoms with Crippen LogP contribution in [0.3, 0.4) is 0 Å². The SMILES string of the molecule is CCCCCCCCC/C=C\CCCC(CC(=O)NC(CO)C(O)CCCCCCCCCCC)OC(=O)CCCCCCCCCCCCC. The quantitative estimate of drug-likeness (QED) is 0.0332. The van der Waals surface area contributed by atoms with Crippen LogP contribution in [0.5, 0.6) is 0 Å². The van der Waals surface area contributed by atoms with Crippen LogP contribution < -0.4 is 5.32 Å². The van der Waals surface area contributed by atoms with Crippen LogP contribution in [0.1, 0.15) is 239 Å². The molecular weight excluding hydrogens is 634 g/mol. The molecule has 51 heavy (non-hydrogen) atoms. The maximum absolute atomic E-state index is 13.1. The van der Waals surface area contributed by atoms with Crippen molar-refractivity contribution in [1.82, 2.24) is 5.32 Å². The number of hydrogen-bond acceptors (Lipinski definition) is 5. The van der Waals surface area contributed by atoms with Gasteiger partial charge in [-0.3, -0.25) is 9.59 Å². The normalized spacial score (nSPS) is 13.4. The molecule has 3 atom stereocenters. The summed E-state index contributed by atoms with van der Waals surface area (Å²) in [7, 11) is 0. The average Bonchev–Trinajstić information content (AvgIpc) is 3.12. The van der Waals surface area contributed by atoms with Gasteiger partial charge in [0.15, 0.2) is 0 Å². The lowest BCUT2D eigenvalue weighted by Gasteiger charge is -2.24. The summed E-state index contributed by atoms with van der Waals surface area (Å²) in [5.74, 6) is -0.496. The number of unbranched alkanes of at least 4 members (excludes halogenated alkanes) is 26. The summed E-state index contributed by atoms with van der Waals surface area (Å²) in [5, 5.41) is 23.5. The number of rotatable bonds is 40. The van der Waals surface area contributed by atoms with Crippen molar-refractivity contribution in [2.45, 2.75) is 257 Å². The highest BCUT2D eigenvalue weighted by molar-refractivity contribution is 5.77. The van der Waals surface area contributed by atoms with Gasteiger partial charge in [0, 0.05) is 6.42 Å². The van der Waals surface area contributed by atoms with Gasteiger partial charge in [0.1, 0.15) is 6.10 Å². The van der Waals surface area contributed by atoms with Crippen LogP contribution in [0.25, 0.3) is 0 Å². The summed E-state index contributed by atoms with van der Waals surface area (Å²) in [6.07, 6.45) is 41.3. The predicted molar refractivity (Wildman–Crippen MR) is 218 cm³/mol. The molecule has 3 N–H and O–H groups in total. The van der Waals surface area contributed by atoms with Gasteiger partial charge >= 0.3 is 5.97 Å². The van der Waals surface area contributed by atoms with Crippen LogP contribution in [0.4, 0.5) is 0 Å². The Kier molecular flexibility index (Phi) is 38.7. The largest absolute Gasteiger partial charge is 0.462 e. The molecule has 0 aromatic rings. The van der Waals surface area contributed by atoms with E-state index in [9.17, 15) is 19.8 Å². The zero-order valence-corrected chi connectivity index (χ0v) is 34.3. The van der Waals surface area contributed by atoms with Crippen LogP contribution in [-0.2, 0) is 14.3 Å². The molecule has 1 amide bonds. The second kappa shape index (κ2) is 39.8. The minimum atomic E-state index is -0.785. The van der Waals surface area contributed by atoms with E-state index in [0.717, 1.165) is 57.8 Å². The van der Waals surface area contributed by atoms with E-state index in [0.29, 0.717) is 19.3 Å². The summed E-state index contributed by atoms with van der Waals surface area (Å²) < 4.78 is 5.87. The van der Waals surface area contributed by atoms with E-state index in [1.54, 1.807) is 0 Å². The fourth-order valence-electron chi connectivity index (χ4n) is 6.90. The highest BCUT2D eigenvalue weighted by Crippen LogP contribution is 2.17. The molecule has 0 saturated carbocycles. The molecule has 6 heteroatoms. The molecule has 0 radical (unpaired) electrons. The van der Waals surface area contributed by atoms with Crippen LogP contribution in [0.15, 0.2) is 12.2 Å². The van der Waals surface area contributed by atoms with Crippen LogP contribution in [0, 0.1) is 0 Å². The Hall–Kier alpha value is -1.40. The molecule has 0 aromatic carbocycles. The molecule has 0 bridgehead atoms. The van der Waals surface area contributed by atoms with Gasteiger partial charge in [-0.2, -0.15) is 0 Å². The molecule has 0 aromatic heterocycles. The number of amides is 1. The van der Waals surface area contributed by atoms with Gasteiger partial charge in [0.2, 0.25) is 5.91 Å². The number of aliphatic hydroxyl groups is 2. The average molecular weight is 722 g/mol.